The van der Waals surface area contributed by atoms with Gasteiger partial charge in [-0.05, 0) is 36.5 Å². The van der Waals surface area contributed by atoms with E-state index in [0.29, 0.717) is 11.7 Å². The van der Waals surface area contributed by atoms with Crippen LogP contribution in [0.15, 0.2) is 41.0 Å². The normalized spacial score (nSPS) is 10.4. The summed E-state index contributed by atoms with van der Waals surface area (Å²) in [4.78, 5) is 0. The summed E-state index contributed by atoms with van der Waals surface area (Å²) in [5.74, 6) is 1.25. The lowest BCUT2D eigenvalue weighted by Crippen LogP contribution is -2.30. The summed E-state index contributed by atoms with van der Waals surface area (Å²) < 4.78 is 31.4. The number of anilines is 1. The molecule has 1 aromatic carbocycles. The Labute approximate surface area is 131 Å². The first-order chi connectivity index (χ1) is 10.1. The molecular formula is C14H14F2N2OS2. The van der Waals surface area contributed by atoms with Gasteiger partial charge in [0.05, 0.1) is 17.7 Å². The van der Waals surface area contributed by atoms with E-state index in [1.54, 1.807) is 18.0 Å². The highest BCUT2D eigenvalue weighted by Crippen LogP contribution is 2.15. The van der Waals surface area contributed by atoms with Crippen LogP contribution in [0.4, 0.5) is 14.5 Å². The predicted octanol–water partition coefficient (Wildman–Crippen LogP) is 3.78. The Balaban J connectivity index is 1.65. The third-order valence-electron chi connectivity index (χ3n) is 2.54. The fourth-order valence-electron chi connectivity index (χ4n) is 1.56. The SMILES string of the molecule is Fc1ccc(NC(=S)NCCSCc2ccco2)c(F)c1. The van der Waals surface area contributed by atoms with E-state index in [1.807, 2.05) is 12.1 Å². The van der Waals surface area contributed by atoms with E-state index in [-0.39, 0.29) is 5.69 Å². The van der Waals surface area contributed by atoms with Gasteiger partial charge in [0.1, 0.15) is 17.4 Å². The highest BCUT2D eigenvalue weighted by Gasteiger charge is 2.05. The van der Waals surface area contributed by atoms with Crippen molar-refractivity contribution in [2.24, 2.45) is 0 Å². The van der Waals surface area contributed by atoms with E-state index in [0.717, 1.165) is 23.3 Å². The number of benzene rings is 1. The molecule has 0 amide bonds. The Morgan fingerprint density at radius 2 is 2.14 bits per heavy atom. The summed E-state index contributed by atoms with van der Waals surface area (Å²) in [6.07, 6.45) is 1.64. The van der Waals surface area contributed by atoms with E-state index in [4.69, 9.17) is 16.6 Å². The van der Waals surface area contributed by atoms with Crippen LogP contribution in [-0.4, -0.2) is 17.4 Å². The summed E-state index contributed by atoms with van der Waals surface area (Å²) in [7, 11) is 0. The van der Waals surface area contributed by atoms with E-state index >= 15 is 0 Å². The number of halogens is 2. The molecule has 21 heavy (non-hydrogen) atoms. The van der Waals surface area contributed by atoms with Gasteiger partial charge in [-0.25, -0.2) is 8.78 Å². The molecule has 2 aromatic rings. The van der Waals surface area contributed by atoms with Gasteiger partial charge in [-0.1, -0.05) is 0 Å². The molecule has 2 rings (SSSR count). The van der Waals surface area contributed by atoms with E-state index < -0.39 is 11.6 Å². The van der Waals surface area contributed by atoms with Crippen LogP contribution in [0.5, 0.6) is 0 Å². The average molecular weight is 328 g/mol. The Bertz CT molecular complexity index is 591. The standard InChI is InChI=1S/C14H14F2N2OS2/c15-10-3-4-13(12(16)8-10)18-14(20)17-5-7-21-9-11-2-1-6-19-11/h1-4,6,8H,5,7,9H2,(H2,17,18,20). The molecule has 0 unspecified atom stereocenters. The molecule has 3 nitrogen and oxygen atoms in total. The largest absolute Gasteiger partial charge is 0.468 e. The summed E-state index contributed by atoms with van der Waals surface area (Å²) in [6, 6.07) is 7.07. The monoisotopic (exact) mass is 328 g/mol. The molecule has 112 valence electrons. The first kappa shape index (κ1) is 15.8. The number of thiocarbonyl (C=S) groups is 1. The zero-order valence-corrected chi connectivity index (χ0v) is 12.7. The molecule has 0 radical (unpaired) electrons. The first-order valence-corrected chi connectivity index (χ1v) is 7.81. The quantitative estimate of drug-likeness (QED) is 0.623. The van der Waals surface area contributed by atoms with Gasteiger partial charge in [0.25, 0.3) is 0 Å². The second-order valence-electron chi connectivity index (χ2n) is 4.14. The maximum atomic E-state index is 13.4. The molecule has 0 saturated heterocycles. The number of nitrogens with one attached hydrogen (secondary N) is 2. The van der Waals surface area contributed by atoms with Crippen molar-refractivity contribution in [1.82, 2.24) is 5.32 Å². The van der Waals surface area contributed by atoms with Gasteiger partial charge >= 0.3 is 0 Å². The molecular weight excluding hydrogens is 314 g/mol. The van der Waals surface area contributed by atoms with Crippen molar-refractivity contribution >= 4 is 34.8 Å². The van der Waals surface area contributed by atoms with Gasteiger partial charge in [-0.2, -0.15) is 11.8 Å². The minimum absolute atomic E-state index is 0.150. The first-order valence-electron chi connectivity index (χ1n) is 6.25. The second kappa shape index (κ2) is 7.99. The van der Waals surface area contributed by atoms with Crippen LogP contribution in [0, 0.1) is 11.6 Å². The van der Waals surface area contributed by atoms with Crippen LogP contribution in [0.2, 0.25) is 0 Å². The highest BCUT2D eigenvalue weighted by atomic mass is 32.2. The lowest BCUT2D eigenvalue weighted by molar-refractivity contribution is 0.530. The van der Waals surface area contributed by atoms with Crippen LogP contribution < -0.4 is 10.6 Å². The highest BCUT2D eigenvalue weighted by molar-refractivity contribution is 7.98. The molecule has 1 heterocycles. The summed E-state index contributed by atoms with van der Waals surface area (Å²) in [5.41, 5.74) is 0.150. The van der Waals surface area contributed by atoms with E-state index in [9.17, 15) is 8.78 Å². The molecule has 0 spiro atoms. The molecule has 7 heteroatoms. The number of furan rings is 1. The van der Waals surface area contributed by atoms with Gasteiger partial charge in [0.15, 0.2) is 5.11 Å². The Morgan fingerprint density at radius 3 is 2.86 bits per heavy atom. The average Bonchev–Trinajstić information content (AvgIpc) is 2.95. The smallest absolute Gasteiger partial charge is 0.170 e. The van der Waals surface area contributed by atoms with Crippen molar-refractivity contribution in [2.45, 2.75) is 5.75 Å². The molecule has 2 N–H and O–H groups in total. The lowest BCUT2D eigenvalue weighted by Gasteiger charge is -2.10. The number of rotatable bonds is 6. The van der Waals surface area contributed by atoms with Crippen LogP contribution in [0.1, 0.15) is 5.76 Å². The Hall–Kier alpha value is -1.60. The Morgan fingerprint density at radius 1 is 1.29 bits per heavy atom. The van der Waals surface area contributed by atoms with E-state index in [1.165, 1.54) is 12.1 Å². The van der Waals surface area contributed by atoms with Gasteiger partial charge < -0.3 is 15.1 Å². The zero-order valence-electron chi connectivity index (χ0n) is 11.1. The zero-order chi connectivity index (χ0) is 15.1. The van der Waals surface area contributed by atoms with Crippen LogP contribution in [0.3, 0.4) is 0 Å². The molecule has 0 bridgehead atoms. The van der Waals surface area contributed by atoms with Crippen molar-refractivity contribution < 1.29 is 13.2 Å². The summed E-state index contributed by atoms with van der Waals surface area (Å²) >= 11 is 6.74. The molecule has 0 saturated carbocycles. The third kappa shape index (κ3) is 5.35. The molecule has 0 aliphatic rings. The predicted molar refractivity (Wildman–Crippen MR) is 85.5 cm³/mol. The molecule has 1 aromatic heterocycles. The third-order valence-corrected chi connectivity index (χ3v) is 3.76. The number of thioether (sulfide) groups is 1. The number of hydrogen-bond donors (Lipinski definition) is 2. The van der Waals surface area contributed by atoms with Crippen LogP contribution >= 0.6 is 24.0 Å². The minimum atomic E-state index is -0.675. The van der Waals surface area contributed by atoms with Gasteiger partial charge in [-0.3, -0.25) is 0 Å². The van der Waals surface area contributed by atoms with Crippen LogP contribution in [0.25, 0.3) is 0 Å². The summed E-state index contributed by atoms with van der Waals surface area (Å²) in [5, 5.41) is 5.96. The van der Waals surface area contributed by atoms with E-state index in [2.05, 4.69) is 10.6 Å². The topological polar surface area (TPSA) is 37.2 Å². The second-order valence-corrected chi connectivity index (χ2v) is 5.65. The Kier molecular flexibility index (Phi) is 6.01. The van der Waals surface area contributed by atoms with Gasteiger partial charge in [0.2, 0.25) is 0 Å². The summed E-state index contributed by atoms with van der Waals surface area (Å²) in [6.45, 7) is 0.639. The van der Waals surface area contributed by atoms with Crippen molar-refractivity contribution in [3.05, 3.63) is 54.0 Å². The molecule has 0 aliphatic heterocycles. The van der Waals surface area contributed by atoms with Gasteiger partial charge in [0, 0.05) is 18.4 Å². The maximum absolute atomic E-state index is 13.4. The molecule has 0 aliphatic carbocycles. The fourth-order valence-corrected chi connectivity index (χ4v) is 2.53. The molecule has 0 atom stereocenters. The molecule has 0 fully saturated rings. The van der Waals surface area contributed by atoms with Crippen molar-refractivity contribution in [3.8, 4) is 0 Å². The van der Waals surface area contributed by atoms with Crippen LogP contribution in [-0.2, 0) is 5.75 Å². The number of hydrogen-bond acceptors (Lipinski definition) is 3. The lowest BCUT2D eigenvalue weighted by atomic mass is 10.3. The van der Waals surface area contributed by atoms with Crippen molar-refractivity contribution in [3.63, 3.8) is 0 Å². The van der Waals surface area contributed by atoms with Crippen molar-refractivity contribution in [1.29, 1.82) is 0 Å². The minimum Gasteiger partial charge on any atom is -0.468 e. The maximum Gasteiger partial charge on any atom is 0.170 e. The van der Waals surface area contributed by atoms with Crippen molar-refractivity contribution in [2.75, 3.05) is 17.6 Å². The van der Waals surface area contributed by atoms with Gasteiger partial charge in [-0.15, -0.1) is 0 Å². The fraction of sp³-hybridized carbons (Fsp3) is 0.214.